The van der Waals surface area contributed by atoms with Gasteiger partial charge in [-0.05, 0) is 48.9 Å². The summed E-state index contributed by atoms with van der Waals surface area (Å²) in [5.74, 6) is -0.902. The molecule has 118 valence electrons. The molecule has 5 heteroatoms. The minimum absolute atomic E-state index is 0.291. The first-order chi connectivity index (χ1) is 11.0. The fourth-order valence-electron chi connectivity index (χ4n) is 1.88. The predicted octanol–water partition coefficient (Wildman–Crippen LogP) is 4.82. The Morgan fingerprint density at radius 3 is 2.35 bits per heavy atom. The van der Waals surface area contributed by atoms with Gasteiger partial charge in [0.2, 0.25) is 5.78 Å². The zero-order valence-electron chi connectivity index (χ0n) is 12.3. The average molecular weight is 349 g/mol. The molecule has 0 saturated carbocycles. The molecule has 0 radical (unpaired) electrons. The first-order valence-electron chi connectivity index (χ1n) is 6.90. The topological polar surface area (TPSA) is 43.4 Å². The molecular formula is C18H14Cl2O3. The maximum atomic E-state index is 12.2. The Balaban J connectivity index is 1.98. The van der Waals surface area contributed by atoms with E-state index < -0.39 is 12.1 Å². The van der Waals surface area contributed by atoms with E-state index in [1.54, 1.807) is 48.5 Å². The SMILES string of the molecule is C[C@H](OC(=O)/C=C/c1ccccc1Cl)C(=O)c1ccc(Cl)cc1. The van der Waals surface area contributed by atoms with Gasteiger partial charge in [0.1, 0.15) is 0 Å². The fraction of sp³-hybridized carbons (Fsp3) is 0.111. The molecule has 2 aromatic carbocycles. The monoisotopic (exact) mass is 348 g/mol. The molecular weight excluding hydrogens is 335 g/mol. The van der Waals surface area contributed by atoms with Crippen LogP contribution in [0.25, 0.3) is 6.08 Å². The van der Waals surface area contributed by atoms with Crippen molar-refractivity contribution in [1.82, 2.24) is 0 Å². The molecule has 0 fully saturated rings. The summed E-state index contributed by atoms with van der Waals surface area (Å²) in [6.07, 6.45) is 1.90. The van der Waals surface area contributed by atoms with Gasteiger partial charge in [0, 0.05) is 21.7 Å². The highest BCUT2D eigenvalue weighted by Crippen LogP contribution is 2.16. The van der Waals surface area contributed by atoms with Crippen molar-refractivity contribution in [2.24, 2.45) is 0 Å². The van der Waals surface area contributed by atoms with Crippen molar-refractivity contribution in [3.05, 3.63) is 75.8 Å². The first kappa shape index (κ1) is 17.3. The number of Topliss-reactive ketones (excluding diaryl/α,β-unsaturated/α-hetero) is 1. The second-order valence-electron chi connectivity index (χ2n) is 4.81. The second-order valence-corrected chi connectivity index (χ2v) is 5.65. The lowest BCUT2D eigenvalue weighted by Gasteiger charge is -2.10. The largest absolute Gasteiger partial charge is 0.451 e. The number of halogens is 2. The normalized spacial score (nSPS) is 12.1. The van der Waals surface area contributed by atoms with E-state index in [0.29, 0.717) is 21.2 Å². The van der Waals surface area contributed by atoms with Crippen molar-refractivity contribution in [3.8, 4) is 0 Å². The van der Waals surface area contributed by atoms with Crippen LogP contribution in [0.5, 0.6) is 0 Å². The summed E-state index contributed by atoms with van der Waals surface area (Å²) in [6, 6.07) is 13.5. The molecule has 0 amide bonds. The number of ether oxygens (including phenoxy) is 1. The van der Waals surface area contributed by atoms with Crippen LogP contribution in [0.15, 0.2) is 54.6 Å². The lowest BCUT2D eigenvalue weighted by molar-refractivity contribution is -0.140. The van der Waals surface area contributed by atoms with Crippen LogP contribution in [0.2, 0.25) is 10.0 Å². The lowest BCUT2D eigenvalue weighted by atomic mass is 10.1. The van der Waals surface area contributed by atoms with E-state index in [4.69, 9.17) is 27.9 Å². The maximum Gasteiger partial charge on any atom is 0.331 e. The third kappa shape index (κ3) is 4.95. The van der Waals surface area contributed by atoms with E-state index in [9.17, 15) is 9.59 Å². The lowest BCUT2D eigenvalue weighted by Crippen LogP contribution is -2.23. The Labute approximate surface area is 144 Å². The van der Waals surface area contributed by atoms with E-state index in [1.165, 1.54) is 13.0 Å². The summed E-state index contributed by atoms with van der Waals surface area (Å²) >= 11 is 11.8. The zero-order chi connectivity index (χ0) is 16.8. The zero-order valence-corrected chi connectivity index (χ0v) is 13.8. The summed E-state index contributed by atoms with van der Waals surface area (Å²) in [7, 11) is 0. The molecule has 0 spiro atoms. The summed E-state index contributed by atoms with van der Waals surface area (Å²) in [4.78, 5) is 24.0. The van der Waals surface area contributed by atoms with Crippen molar-refractivity contribution < 1.29 is 14.3 Å². The highest BCUT2D eigenvalue weighted by atomic mass is 35.5. The molecule has 2 rings (SSSR count). The summed E-state index contributed by atoms with van der Waals surface area (Å²) in [5, 5.41) is 1.07. The van der Waals surface area contributed by atoms with E-state index >= 15 is 0 Å². The van der Waals surface area contributed by atoms with Gasteiger partial charge in [0.15, 0.2) is 6.10 Å². The Morgan fingerprint density at radius 2 is 1.70 bits per heavy atom. The van der Waals surface area contributed by atoms with E-state index in [-0.39, 0.29) is 5.78 Å². The summed E-state index contributed by atoms with van der Waals surface area (Å²) < 4.78 is 5.11. The molecule has 0 bridgehead atoms. The number of hydrogen-bond donors (Lipinski definition) is 0. The average Bonchev–Trinajstić information content (AvgIpc) is 2.54. The van der Waals surface area contributed by atoms with Crippen LogP contribution in [0.4, 0.5) is 0 Å². The fourth-order valence-corrected chi connectivity index (χ4v) is 2.21. The molecule has 23 heavy (non-hydrogen) atoms. The Kier molecular flexibility index (Phi) is 5.97. The van der Waals surface area contributed by atoms with Crippen molar-refractivity contribution >= 4 is 41.0 Å². The summed E-state index contributed by atoms with van der Waals surface area (Å²) in [5.41, 5.74) is 1.13. The van der Waals surface area contributed by atoms with Crippen LogP contribution in [0, 0.1) is 0 Å². The van der Waals surface area contributed by atoms with Crippen LogP contribution in [-0.2, 0) is 9.53 Å². The van der Waals surface area contributed by atoms with Gasteiger partial charge in [-0.15, -0.1) is 0 Å². The summed E-state index contributed by atoms with van der Waals surface area (Å²) in [6.45, 7) is 1.53. The molecule has 3 nitrogen and oxygen atoms in total. The number of benzene rings is 2. The van der Waals surface area contributed by atoms with Crippen LogP contribution >= 0.6 is 23.2 Å². The van der Waals surface area contributed by atoms with Crippen LogP contribution in [-0.4, -0.2) is 17.9 Å². The third-order valence-corrected chi connectivity index (χ3v) is 3.69. The molecule has 2 aromatic rings. The van der Waals surface area contributed by atoms with Gasteiger partial charge in [-0.1, -0.05) is 41.4 Å². The molecule has 0 N–H and O–H groups in total. The van der Waals surface area contributed by atoms with Gasteiger partial charge in [-0.25, -0.2) is 4.79 Å². The van der Waals surface area contributed by atoms with Gasteiger partial charge in [-0.3, -0.25) is 4.79 Å². The minimum atomic E-state index is -0.889. The Hall–Kier alpha value is -2.10. The van der Waals surface area contributed by atoms with E-state index in [1.807, 2.05) is 6.07 Å². The number of hydrogen-bond acceptors (Lipinski definition) is 3. The van der Waals surface area contributed by atoms with E-state index in [2.05, 4.69) is 0 Å². The molecule has 0 aliphatic carbocycles. The number of ketones is 1. The first-order valence-corrected chi connectivity index (χ1v) is 7.66. The molecule has 0 heterocycles. The van der Waals surface area contributed by atoms with Crippen molar-refractivity contribution in [1.29, 1.82) is 0 Å². The maximum absolute atomic E-state index is 12.2. The van der Waals surface area contributed by atoms with E-state index in [0.717, 1.165) is 0 Å². The quantitative estimate of drug-likeness (QED) is 0.442. The smallest absolute Gasteiger partial charge is 0.331 e. The molecule has 0 aliphatic heterocycles. The highest BCUT2D eigenvalue weighted by molar-refractivity contribution is 6.32. The van der Waals surface area contributed by atoms with Crippen LogP contribution in [0.1, 0.15) is 22.8 Å². The Bertz CT molecular complexity index is 736. The van der Waals surface area contributed by atoms with Gasteiger partial charge in [0.05, 0.1) is 0 Å². The molecule has 0 saturated heterocycles. The van der Waals surface area contributed by atoms with Gasteiger partial charge < -0.3 is 4.74 Å². The van der Waals surface area contributed by atoms with Crippen molar-refractivity contribution in [3.63, 3.8) is 0 Å². The number of esters is 1. The number of carbonyl (C=O) groups is 2. The van der Waals surface area contributed by atoms with Crippen LogP contribution < -0.4 is 0 Å². The van der Waals surface area contributed by atoms with Crippen molar-refractivity contribution in [2.75, 3.05) is 0 Å². The minimum Gasteiger partial charge on any atom is -0.451 e. The Morgan fingerprint density at radius 1 is 1.04 bits per heavy atom. The molecule has 0 aliphatic rings. The molecule has 0 aromatic heterocycles. The number of carbonyl (C=O) groups excluding carboxylic acids is 2. The van der Waals surface area contributed by atoms with Crippen LogP contribution in [0.3, 0.4) is 0 Å². The molecule has 1 atom stereocenters. The third-order valence-electron chi connectivity index (χ3n) is 3.10. The van der Waals surface area contributed by atoms with Gasteiger partial charge in [-0.2, -0.15) is 0 Å². The van der Waals surface area contributed by atoms with Gasteiger partial charge >= 0.3 is 5.97 Å². The standard InChI is InChI=1S/C18H14Cl2O3/c1-12(18(22)14-6-9-15(19)10-7-14)23-17(21)11-8-13-4-2-3-5-16(13)20/h2-12H,1H3/b11-8+/t12-/m0/s1. The van der Waals surface area contributed by atoms with Crippen molar-refractivity contribution in [2.45, 2.75) is 13.0 Å². The second kappa shape index (κ2) is 7.95. The number of rotatable bonds is 5. The van der Waals surface area contributed by atoms with Gasteiger partial charge in [0.25, 0.3) is 0 Å². The molecule has 0 unspecified atom stereocenters. The highest BCUT2D eigenvalue weighted by Gasteiger charge is 2.18. The predicted molar refractivity (Wildman–Crippen MR) is 91.8 cm³/mol.